The maximum absolute atomic E-state index is 12.7. The van der Waals surface area contributed by atoms with Crippen LogP contribution < -0.4 is 10.6 Å². The molecule has 36 heteroatoms. The van der Waals surface area contributed by atoms with Gasteiger partial charge in [-0.2, -0.15) is 25.3 Å². The highest BCUT2D eigenvalue weighted by Crippen LogP contribution is 2.35. The Hall–Kier alpha value is -3.45. The molecule has 4 heterocycles. The maximum atomic E-state index is 12.7. The van der Waals surface area contributed by atoms with Gasteiger partial charge in [0.25, 0.3) is 0 Å². The lowest BCUT2D eigenvalue weighted by Crippen LogP contribution is -2.70. The zero-order valence-electron chi connectivity index (χ0n) is 32.2. The molecule has 0 bridgehead atoms. The number of carboxylic acid groups (broad SMARTS) is 2. The van der Waals surface area contributed by atoms with E-state index in [1.165, 1.54) is 0 Å². The van der Waals surface area contributed by atoms with Gasteiger partial charge in [-0.1, -0.05) is 0 Å². The van der Waals surface area contributed by atoms with Crippen LogP contribution in [-0.4, -0.2) is 227 Å². The summed E-state index contributed by atoms with van der Waals surface area (Å²) in [6, 6.07) is -4.11. The summed E-state index contributed by atoms with van der Waals surface area (Å²) in [5.41, 5.74) is 0. The van der Waals surface area contributed by atoms with Crippen LogP contribution in [0, 0.1) is 0 Å². The summed E-state index contributed by atoms with van der Waals surface area (Å²) in [7, 11) is -16.4. The van der Waals surface area contributed by atoms with Gasteiger partial charge in [-0.05, 0) is 6.08 Å². The van der Waals surface area contributed by atoms with Gasteiger partial charge in [-0.15, -0.1) is 0 Å². The predicted molar refractivity (Wildman–Crippen MR) is 188 cm³/mol. The number of carbonyl (C=O) groups excluding carboxylic acids is 2. The number of aliphatic hydroxyl groups excluding tert-OH is 6. The number of aliphatic hydroxyl groups is 6. The highest BCUT2D eigenvalue weighted by Gasteiger charge is 2.58. The van der Waals surface area contributed by atoms with Crippen molar-refractivity contribution in [1.29, 1.82) is 0 Å². The van der Waals surface area contributed by atoms with E-state index in [0.29, 0.717) is 6.08 Å². The van der Waals surface area contributed by atoms with Crippen LogP contribution in [0.3, 0.4) is 0 Å². The highest BCUT2D eigenvalue weighted by atomic mass is 32.3. The van der Waals surface area contributed by atoms with E-state index in [1.54, 1.807) is 0 Å². The first kappa shape index (κ1) is 53.2. The fourth-order valence-corrected chi connectivity index (χ4v) is 7.66. The number of aliphatic carboxylic acids is 2. The number of carboxylic acids is 2. The van der Waals surface area contributed by atoms with E-state index >= 15 is 0 Å². The molecule has 0 unspecified atom stereocenters. The lowest BCUT2D eigenvalue weighted by atomic mass is 9.94. The Labute approximate surface area is 359 Å². The van der Waals surface area contributed by atoms with E-state index in [4.69, 9.17) is 37.7 Å². The van der Waals surface area contributed by atoms with Crippen LogP contribution in [0.4, 0.5) is 0 Å². The molecule has 4 rings (SSSR count). The molecule has 0 aromatic rings. The Morgan fingerprint density at radius 3 is 1.66 bits per heavy atom. The number of rotatable bonds is 18. The van der Waals surface area contributed by atoms with Crippen molar-refractivity contribution in [1.82, 2.24) is 10.6 Å². The Morgan fingerprint density at radius 1 is 0.609 bits per heavy atom. The van der Waals surface area contributed by atoms with E-state index < -0.39 is 184 Å². The number of nitrogens with one attached hydrogen (secondary N) is 2. The number of amides is 2. The predicted octanol–water partition coefficient (Wildman–Crippen LogP) is -8.64. The standard InChI is InChI=1S/C28H42N2O31S3/c1-6(31)29-12-20(18(61-64(49,50)51)11(54-25(12)42)5-53-63(46,47)48)58-28-17(37)16(36)21(22(60-28)24(40)41)59-26-13(30-7(2)32)19(15(35)10(56-26)4-52-62(43,44)45)57-27-14(34)8(33)3-9(55-27)23(38)39/h3,8,10-22,25-28,33-37,42H,4-5H2,1-2H3,(H,29,31)(H,30,32)(H,38,39)(H,40,41)(H,43,44,45)(H,46,47,48)(H,49,50,51)/t8-,10+,11+,12+,13+,14+,15-,16+,17+,18-,19+,20+,21-,22-,25+,26-,27-,28+/m0/s1. The fraction of sp³-hybridized carbons (Fsp3) is 0.786. The Morgan fingerprint density at radius 2 is 1.14 bits per heavy atom. The van der Waals surface area contributed by atoms with Crippen molar-refractivity contribution in [2.24, 2.45) is 0 Å². The third kappa shape index (κ3) is 14.0. The van der Waals surface area contributed by atoms with Crippen LogP contribution in [-0.2, 0) is 96.1 Å². The first-order valence-corrected chi connectivity index (χ1v) is 21.8. The second kappa shape index (κ2) is 21.0. The van der Waals surface area contributed by atoms with Gasteiger partial charge >= 0.3 is 43.1 Å². The van der Waals surface area contributed by atoms with Gasteiger partial charge in [0.05, 0.1) is 13.2 Å². The second-order valence-electron chi connectivity index (χ2n) is 13.8. The van der Waals surface area contributed by atoms with E-state index in [0.717, 1.165) is 13.8 Å². The molecular weight excluding hydrogens is 956 g/mol. The normalized spacial score (nSPS) is 38.6. The van der Waals surface area contributed by atoms with Gasteiger partial charge in [-0.3, -0.25) is 23.2 Å². The number of ether oxygens (including phenoxy) is 7. The van der Waals surface area contributed by atoms with Crippen molar-refractivity contribution < 1.29 is 145 Å². The minimum Gasteiger partial charge on any atom is -0.479 e. The van der Waals surface area contributed by atoms with Crippen LogP contribution in [0.25, 0.3) is 0 Å². The molecule has 4 aliphatic heterocycles. The molecule has 0 spiro atoms. The molecule has 3 fully saturated rings. The van der Waals surface area contributed by atoms with Crippen molar-refractivity contribution in [3.05, 3.63) is 11.8 Å². The minimum atomic E-state index is -5.67. The van der Waals surface area contributed by atoms with Gasteiger partial charge in [0.15, 0.2) is 25.0 Å². The highest BCUT2D eigenvalue weighted by molar-refractivity contribution is 7.81. The summed E-state index contributed by atoms with van der Waals surface area (Å²) in [5.74, 6) is -6.98. The monoisotopic (exact) mass is 998 g/mol. The average molecular weight is 999 g/mol. The van der Waals surface area contributed by atoms with Crippen molar-refractivity contribution in [2.75, 3.05) is 13.2 Å². The summed E-state index contributed by atoms with van der Waals surface area (Å²) in [4.78, 5) is 48.9. The Balaban J connectivity index is 1.73. The molecule has 3 saturated heterocycles. The van der Waals surface area contributed by atoms with Gasteiger partial charge in [-0.25, -0.2) is 22.1 Å². The summed E-state index contributed by atoms with van der Waals surface area (Å²) >= 11 is 0. The molecule has 18 atom stereocenters. The lowest BCUT2D eigenvalue weighted by Gasteiger charge is -2.49. The molecule has 64 heavy (non-hydrogen) atoms. The third-order valence-corrected chi connectivity index (χ3v) is 10.5. The Kier molecular flexibility index (Phi) is 17.5. The molecule has 368 valence electrons. The smallest absolute Gasteiger partial charge is 0.397 e. The third-order valence-electron chi connectivity index (χ3n) is 9.14. The molecule has 0 saturated carbocycles. The van der Waals surface area contributed by atoms with Crippen LogP contribution in [0.2, 0.25) is 0 Å². The van der Waals surface area contributed by atoms with Crippen LogP contribution >= 0.6 is 0 Å². The molecule has 0 aromatic carbocycles. The number of carbonyl (C=O) groups is 4. The SMILES string of the molecule is CC(=O)N[C@@H]1[C@@H](O[C@@H]2O[C@H](C(=O)O)[C@@H](O[C@@H]3O[C@H](COS(=O)(=O)O)[C@H](O)[C@H](O[C@@H]4OC(C(=O)O)=C[C@H](O)[C@H]4O)[C@H]3NC(C)=O)[C@H](O)[C@H]2O)[C@@H](OS(=O)(=O)O)[C@@H](COS(=O)(=O)O)O[C@H]1O. The van der Waals surface area contributed by atoms with E-state index in [9.17, 15) is 94.4 Å². The van der Waals surface area contributed by atoms with Gasteiger partial charge < -0.3 is 84.6 Å². The molecule has 0 aromatic heterocycles. The summed E-state index contributed by atoms with van der Waals surface area (Å²) < 4.78 is 148. The van der Waals surface area contributed by atoms with Crippen LogP contribution in [0.1, 0.15) is 13.8 Å². The van der Waals surface area contributed by atoms with Crippen molar-refractivity contribution in [3.63, 3.8) is 0 Å². The first-order chi connectivity index (χ1) is 29.4. The maximum Gasteiger partial charge on any atom is 0.397 e. The molecule has 4 aliphatic rings. The van der Waals surface area contributed by atoms with E-state index in [1.807, 2.05) is 5.32 Å². The molecule has 33 nitrogen and oxygen atoms in total. The summed E-state index contributed by atoms with van der Waals surface area (Å²) in [6.07, 6.45) is -37.1. The zero-order chi connectivity index (χ0) is 48.4. The number of hydrogen-bond donors (Lipinski definition) is 13. The lowest BCUT2D eigenvalue weighted by molar-refractivity contribution is -0.362. The van der Waals surface area contributed by atoms with Gasteiger partial charge in [0, 0.05) is 13.8 Å². The number of hydrogen-bond acceptors (Lipinski definition) is 26. The van der Waals surface area contributed by atoms with E-state index in [2.05, 4.69) is 17.9 Å². The molecule has 13 N–H and O–H groups in total. The van der Waals surface area contributed by atoms with Crippen molar-refractivity contribution in [3.8, 4) is 0 Å². The van der Waals surface area contributed by atoms with Crippen LogP contribution in [0.15, 0.2) is 11.8 Å². The first-order valence-electron chi connectivity index (χ1n) is 17.7. The molecule has 0 aliphatic carbocycles. The van der Waals surface area contributed by atoms with Crippen molar-refractivity contribution in [2.45, 2.75) is 124 Å². The largest absolute Gasteiger partial charge is 0.479 e. The van der Waals surface area contributed by atoms with Crippen LogP contribution in [0.5, 0.6) is 0 Å². The zero-order valence-corrected chi connectivity index (χ0v) is 34.6. The van der Waals surface area contributed by atoms with Gasteiger partial charge in [0.2, 0.25) is 23.9 Å². The van der Waals surface area contributed by atoms with Crippen molar-refractivity contribution >= 4 is 54.9 Å². The summed E-state index contributed by atoms with van der Waals surface area (Å²) in [5, 5.41) is 89.2. The van der Waals surface area contributed by atoms with E-state index in [-0.39, 0.29) is 0 Å². The van der Waals surface area contributed by atoms with Gasteiger partial charge in [0.1, 0.15) is 79.2 Å². The molecule has 0 radical (unpaired) electrons. The quantitative estimate of drug-likeness (QED) is 0.0567. The average Bonchev–Trinajstić information content (AvgIpc) is 3.14. The molecule has 2 amide bonds. The fourth-order valence-electron chi connectivity index (χ4n) is 6.53. The second-order valence-corrected chi connectivity index (χ2v) is 17.0. The molecular formula is C28H42N2O31S3. The Bertz CT molecular complexity index is 2070. The summed E-state index contributed by atoms with van der Waals surface area (Å²) in [6.45, 7) is -1.10. The minimum absolute atomic E-state index is 0.550. The topological polar surface area (TPSA) is 510 Å².